The molecule has 4 aliphatic heterocycles. The first kappa shape index (κ1) is 41.9. The van der Waals surface area contributed by atoms with Gasteiger partial charge in [-0.3, -0.25) is 0 Å². The molecule has 10 aromatic rings. The van der Waals surface area contributed by atoms with Crippen LogP contribution in [0.25, 0.3) is 11.1 Å². The second-order valence-electron chi connectivity index (χ2n) is 21.1. The van der Waals surface area contributed by atoms with Crippen molar-refractivity contribution in [1.82, 2.24) is 0 Å². The fourth-order valence-corrected chi connectivity index (χ4v) is 14.6. The van der Waals surface area contributed by atoms with Crippen LogP contribution < -0.4 is 29.9 Å². The summed E-state index contributed by atoms with van der Waals surface area (Å²) in [6.07, 6.45) is 8.89. The number of allylic oxidation sites excluding steroid dienone is 4. The minimum absolute atomic E-state index is 0.109. The molecular formula is C70H48N4O2. The Morgan fingerprint density at radius 1 is 0.368 bits per heavy atom. The van der Waals surface area contributed by atoms with E-state index in [1.54, 1.807) is 0 Å². The molecule has 0 fully saturated rings. The smallest absolute Gasteiger partial charge is 0.196 e. The van der Waals surface area contributed by atoms with Crippen molar-refractivity contribution in [2.24, 2.45) is 5.92 Å². The number of hydrogen-bond acceptors (Lipinski definition) is 6. The zero-order valence-electron chi connectivity index (χ0n) is 41.3. The van der Waals surface area contributed by atoms with Crippen molar-refractivity contribution in [2.75, 3.05) is 20.4 Å². The van der Waals surface area contributed by atoms with Crippen LogP contribution in [0.2, 0.25) is 0 Å². The monoisotopic (exact) mass is 976 g/mol. The summed E-state index contributed by atoms with van der Waals surface area (Å²) >= 11 is 0. The van der Waals surface area contributed by atoms with E-state index in [9.17, 15) is 0 Å². The van der Waals surface area contributed by atoms with Crippen LogP contribution in [0.3, 0.4) is 0 Å². The topological polar surface area (TPSA) is 49.0 Å². The lowest BCUT2D eigenvalue weighted by Crippen LogP contribution is -2.42. The number of nitrogens with zero attached hydrogens (tertiary/aromatic N) is 2. The van der Waals surface area contributed by atoms with Crippen LogP contribution in [0.4, 0.5) is 45.5 Å². The maximum Gasteiger partial charge on any atom is 0.196 e. The van der Waals surface area contributed by atoms with Gasteiger partial charge in [0.05, 0.1) is 45.0 Å². The van der Waals surface area contributed by atoms with Gasteiger partial charge in [-0.2, -0.15) is 0 Å². The zero-order chi connectivity index (χ0) is 49.7. The third kappa shape index (κ3) is 5.44. The Morgan fingerprint density at radius 3 is 1.43 bits per heavy atom. The number of rotatable bonds is 4. The van der Waals surface area contributed by atoms with Crippen LogP contribution in [-0.4, -0.2) is 0 Å². The van der Waals surface area contributed by atoms with Gasteiger partial charge in [-0.25, -0.2) is 0 Å². The lowest BCUT2D eigenvalue weighted by atomic mass is 9.59. The van der Waals surface area contributed by atoms with E-state index in [0.29, 0.717) is 0 Å². The predicted octanol–water partition coefficient (Wildman–Crippen LogP) is 16.8. The fraction of sp³-hybridized carbons (Fsp3) is 0.0857. The van der Waals surface area contributed by atoms with Gasteiger partial charge in [0.2, 0.25) is 0 Å². The maximum atomic E-state index is 6.48. The Hall–Kier alpha value is -9.52. The second kappa shape index (κ2) is 15.5. The fourth-order valence-electron chi connectivity index (χ4n) is 14.6. The summed E-state index contributed by atoms with van der Waals surface area (Å²) in [5, 5.41) is 7.23. The van der Waals surface area contributed by atoms with E-state index in [0.717, 1.165) is 56.8 Å². The normalized spacial score (nSPS) is 21.3. The van der Waals surface area contributed by atoms with Crippen molar-refractivity contribution in [1.29, 1.82) is 0 Å². The molecule has 0 saturated heterocycles. The molecule has 5 atom stereocenters. The van der Waals surface area contributed by atoms with Crippen molar-refractivity contribution < 1.29 is 9.47 Å². The summed E-state index contributed by atoms with van der Waals surface area (Å²) < 4.78 is 13.0. The van der Waals surface area contributed by atoms with Crippen LogP contribution in [0, 0.1) is 5.92 Å². The van der Waals surface area contributed by atoms with Crippen molar-refractivity contribution in [2.45, 2.75) is 29.2 Å². The van der Waals surface area contributed by atoms with Gasteiger partial charge in [0.1, 0.15) is 11.5 Å². The van der Waals surface area contributed by atoms with E-state index in [1.807, 2.05) is 36.4 Å². The predicted molar refractivity (Wildman–Crippen MR) is 304 cm³/mol. The van der Waals surface area contributed by atoms with Gasteiger partial charge in [-0.05, 0) is 128 Å². The molecule has 7 aliphatic rings. The molecule has 2 spiro atoms. The first-order chi connectivity index (χ1) is 37.7. The van der Waals surface area contributed by atoms with Crippen LogP contribution in [0.1, 0.15) is 74.0 Å². The van der Waals surface area contributed by atoms with Gasteiger partial charge >= 0.3 is 0 Å². The summed E-state index contributed by atoms with van der Waals surface area (Å²) in [4.78, 5) is 5.11. The van der Waals surface area contributed by atoms with Gasteiger partial charge in [0, 0.05) is 34.3 Å². The molecule has 17 rings (SSSR count). The molecule has 5 unspecified atom stereocenters. The molecule has 0 bridgehead atoms. The Bertz CT molecular complexity index is 4040. The Morgan fingerprint density at radius 2 is 0.829 bits per heavy atom. The van der Waals surface area contributed by atoms with Gasteiger partial charge < -0.3 is 29.9 Å². The number of benzene rings is 10. The van der Waals surface area contributed by atoms with Crippen molar-refractivity contribution in [3.05, 3.63) is 310 Å². The summed E-state index contributed by atoms with van der Waals surface area (Å²) in [5.74, 6) is 2.04. The highest BCUT2D eigenvalue weighted by molar-refractivity contribution is 5.99. The zero-order valence-corrected chi connectivity index (χ0v) is 41.3. The van der Waals surface area contributed by atoms with E-state index < -0.39 is 10.8 Å². The van der Waals surface area contributed by atoms with E-state index >= 15 is 0 Å². The summed E-state index contributed by atoms with van der Waals surface area (Å²) in [6, 6.07) is 85.6. The van der Waals surface area contributed by atoms with Gasteiger partial charge in [-0.15, -0.1) is 0 Å². The number of nitrogens with one attached hydrogen (secondary N) is 2. The number of anilines is 8. The molecule has 6 heteroatoms. The Kier molecular flexibility index (Phi) is 8.55. The van der Waals surface area contributed by atoms with Gasteiger partial charge in [-0.1, -0.05) is 182 Å². The highest BCUT2D eigenvalue weighted by Gasteiger charge is 2.59. The van der Waals surface area contributed by atoms with Crippen molar-refractivity contribution in [3.8, 4) is 22.6 Å². The van der Waals surface area contributed by atoms with Crippen molar-refractivity contribution in [3.63, 3.8) is 0 Å². The first-order valence-corrected chi connectivity index (χ1v) is 26.5. The van der Waals surface area contributed by atoms with E-state index in [4.69, 9.17) is 9.47 Å². The second-order valence-corrected chi connectivity index (χ2v) is 21.1. The van der Waals surface area contributed by atoms with Crippen LogP contribution in [0.15, 0.2) is 255 Å². The Balaban J connectivity index is 0.952. The first-order valence-electron chi connectivity index (χ1n) is 26.5. The number of hydrogen-bond donors (Lipinski definition) is 2. The summed E-state index contributed by atoms with van der Waals surface area (Å²) in [7, 11) is 0. The lowest BCUT2D eigenvalue weighted by Gasteiger charge is -2.50. The summed E-state index contributed by atoms with van der Waals surface area (Å²) in [5.41, 5.74) is 22.7. The lowest BCUT2D eigenvalue weighted by molar-refractivity contribution is 0.259. The largest absolute Gasteiger partial charge is 0.464 e. The molecular weight excluding hydrogens is 929 g/mol. The minimum Gasteiger partial charge on any atom is -0.464 e. The number of para-hydroxylation sites is 6. The quantitative estimate of drug-likeness (QED) is 0.183. The molecule has 10 aromatic carbocycles. The van der Waals surface area contributed by atoms with Crippen LogP contribution in [0.5, 0.6) is 11.5 Å². The third-order valence-electron chi connectivity index (χ3n) is 17.6. The molecule has 6 nitrogen and oxygen atoms in total. The highest BCUT2D eigenvalue weighted by Crippen LogP contribution is 2.70. The molecule has 0 aromatic heterocycles. The summed E-state index contributed by atoms with van der Waals surface area (Å²) in [6.45, 7) is 0. The van der Waals surface area contributed by atoms with Crippen LogP contribution >= 0.6 is 0 Å². The molecule has 4 heterocycles. The maximum absolute atomic E-state index is 6.48. The molecule has 76 heavy (non-hydrogen) atoms. The standard InChI is InChI=1S/C70H48N4O2/c1-5-21-51-47(17-1)48-18-2-6-22-52(48)69(51)55-25-9-13-29-61(55)73(45-37-33-43(34-38-45)67-71-59-27-11-15-31-65(59)75-67)63-42-58-64(41-57(63)69)74(46-39-35-44(36-40-46)68-72-60-28-12-16-32-66(60)76-68)62-30-14-10-26-56(62)70(58)53-23-7-3-19-49(53)50-20-4-8-24-54(50)70/h1-42,47,51,67-68,71-72H. The van der Waals surface area contributed by atoms with Crippen LogP contribution in [-0.2, 0) is 10.8 Å². The molecule has 3 aliphatic carbocycles. The van der Waals surface area contributed by atoms with Crippen molar-refractivity contribution >= 4 is 45.5 Å². The molecule has 2 N–H and O–H groups in total. The van der Waals surface area contributed by atoms with E-state index in [2.05, 4.69) is 239 Å². The minimum atomic E-state index is -0.665. The molecule has 0 radical (unpaired) electrons. The number of fused-ring (bicyclic) bond motifs is 20. The molecule has 0 saturated carbocycles. The van der Waals surface area contributed by atoms with Gasteiger partial charge in [0.15, 0.2) is 12.5 Å². The average molecular weight is 977 g/mol. The average Bonchev–Trinajstić information content (AvgIpc) is 3.61. The number of ether oxygens (including phenoxy) is 2. The van der Waals surface area contributed by atoms with E-state index in [1.165, 1.54) is 67.0 Å². The molecule has 0 amide bonds. The SMILES string of the molecule is C1=CC2c3ccccc3C3(c4ccccc4N(c4ccc(C5Nc6ccccc6O5)cc4)c4cc5c(cc43)N(c3ccc(C4Nc6ccccc6O4)cc3)c3ccccc3C53c4ccccc4-c4ccccc43)C2C=C1. The Labute approximate surface area is 441 Å². The van der Waals surface area contributed by atoms with Gasteiger partial charge in [0.25, 0.3) is 0 Å². The van der Waals surface area contributed by atoms with E-state index in [-0.39, 0.29) is 24.3 Å². The third-order valence-corrected chi connectivity index (χ3v) is 17.6. The molecule has 360 valence electrons. The highest BCUT2D eigenvalue weighted by atomic mass is 16.5.